The number of hydrogen-bond donors (Lipinski definition) is 1. The van der Waals surface area contributed by atoms with Crippen molar-refractivity contribution in [2.45, 2.75) is 6.92 Å². The fourth-order valence-electron chi connectivity index (χ4n) is 3.10. The molecule has 0 bridgehead atoms. The molecule has 1 N–H and O–H groups in total. The van der Waals surface area contributed by atoms with Crippen LogP contribution in [0, 0.1) is 6.92 Å². The number of nitrogens with one attached hydrogen (secondary N) is 1. The highest BCUT2D eigenvalue weighted by molar-refractivity contribution is 5.69. The number of rotatable bonds is 4. The lowest BCUT2D eigenvalue weighted by molar-refractivity contribution is 0.948. The Hall–Kier alpha value is -4.13. The maximum absolute atomic E-state index is 4.60. The molecule has 0 saturated heterocycles. The van der Waals surface area contributed by atoms with Crippen molar-refractivity contribution in [2.24, 2.45) is 0 Å². The van der Waals surface area contributed by atoms with Gasteiger partial charge in [-0.3, -0.25) is 0 Å². The Morgan fingerprint density at radius 3 is 2.45 bits per heavy atom. The number of anilines is 2. The van der Waals surface area contributed by atoms with Gasteiger partial charge in [-0.1, -0.05) is 30.3 Å². The van der Waals surface area contributed by atoms with Gasteiger partial charge in [-0.15, -0.1) is 0 Å². The third kappa shape index (κ3) is 3.41. The van der Waals surface area contributed by atoms with E-state index in [-0.39, 0.29) is 0 Å². The van der Waals surface area contributed by atoms with Gasteiger partial charge in [0.15, 0.2) is 5.82 Å². The molecule has 7 heteroatoms. The van der Waals surface area contributed by atoms with E-state index in [1.165, 1.54) is 6.33 Å². The first-order valence-electron chi connectivity index (χ1n) is 9.19. The van der Waals surface area contributed by atoms with E-state index < -0.39 is 0 Å². The second-order valence-corrected chi connectivity index (χ2v) is 6.59. The monoisotopic (exact) mass is 379 g/mol. The van der Waals surface area contributed by atoms with Crippen LogP contribution in [0.25, 0.3) is 28.4 Å². The first-order chi connectivity index (χ1) is 14.3. The van der Waals surface area contributed by atoms with Crippen molar-refractivity contribution in [2.75, 3.05) is 5.32 Å². The molecule has 0 aliphatic rings. The molecule has 7 nitrogen and oxygen atoms in total. The van der Waals surface area contributed by atoms with Gasteiger partial charge in [-0.25, -0.2) is 15.0 Å². The Bertz CT molecular complexity index is 1280. The molecule has 2 aromatic carbocycles. The van der Waals surface area contributed by atoms with Gasteiger partial charge in [0.1, 0.15) is 12.1 Å². The van der Waals surface area contributed by atoms with Crippen molar-refractivity contribution < 1.29 is 0 Å². The maximum Gasteiger partial charge on any atom is 0.254 e. The molecule has 0 fully saturated rings. The molecule has 0 unspecified atom stereocenters. The molecule has 5 aromatic rings. The highest BCUT2D eigenvalue weighted by atomic mass is 15.4. The third-order valence-electron chi connectivity index (χ3n) is 4.53. The molecule has 29 heavy (non-hydrogen) atoms. The summed E-state index contributed by atoms with van der Waals surface area (Å²) in [6.45, 7) is 1.96. The summed E-state index contributed by atoms with van der Waals surface area (Å²) in [5.74, 6) is 2.04. The predicted octanol–water partition coefficient (Wildman–Crippen LogP) is 4.30. The summed E-state index contributed by atoms with van der Waals surface area (Å²) < 4.78 is 1.68. The number of aryl methyl sites for hydroxylation is 1. The van der Waals surface area contributed by atoms with Crippen LogP contribution in [0.1, 0.15) is 5.69 Å². The van der Waals surface area contributed by atoms with E-state index in [1.807, 2.05) is 73.7 Å². The fourth-order valence-corrected chi connectivity index (χ4v) is 3.10. The summed E-state index contributed by atoms with van der Waals surface area (Å²) in [5.41, 5.74) is 4.68. The summed E-state index contributed by atoms with van der Waals surface area (Å²) in [5, 5.41) is 7.70. The second kappa shape index (κ2) is 7.12. The van der Waals surface area contributed by atoms with E-state index >= 15 is 0 Å². The number of benzene rings is 2. The molecule has 0 amide bonds. The second-order valence-electron chi connectivity index (χ2n) is 6.59. The van der Waals surface area contributed by atoms with Crippen LogP contribution in [0.4, 0.5) is 11.5 Å². The first-order valence-corrected chi connectivity index (χ1v) is 9.19. The summed E-state index contributed by atoms with van der Waals surface area (Å²) in [7, 11) is 0. The van der Waals surface area contributed by atoms with Gasteiger partial charge >= 0.3 is 0 Å². The van der Waals surface area contributed by atoms with Gasteiger partial charge in [-0.2, -0.15) is 14.6 Å². The summed E-state index contributed by atoms with van der Waals surface area (Å²) in [6.07, 6.45) is 3.27. The van der Waals surface area contributed by atoms with E-state index in [0.29, 0.717) is 11.6 Å². The van der Waals surface area contributed by atoms with Gasteiger partial charge < -0.3 is 5.32 Å². The number of hydrogen-bond acceptors (Lipinski definition) is 6. The molecular weight excluding hydrogens is 362 g/mol. The highest BCUT2D eigenvalue weighted by Crippen LogP contribution is 2.25. The Morgan fingerprint density at radius 2 is 1.66 bits per heavy atom. The van der Waals surface area contributed by atoms with E-state index in [1.54, 1.807) is 10.7 Å². The Morgan fingerprint density at radius 1 is 0.828 bits per heavy atom. The smallest absolute Gasteiger partial charge is 0.254 e. The van der Waals surface area contributed by atoms with E-state index in [9.17, 15) is 0 Å². The lowest BCUT2D eigenvalue weighted by Crippen LogP contribution is -2.02. The van der Waals surface area contributed by atoms with Crippen LogP contribution in [0.2, 0.25) is 0 Å². The standard InChI is InChI=1S/C22H17N7/c1-15-11-12-23-21(26-15)17-7-9-18(10-8-17)27-20-13-19(16-5-3-2-4-6-16)28-22-24-14-25-29(20)22/h2-14,27H,1H3. The first kappa shape index (κ1) is 17.0. The zero-order chi connectivity index (χ0) is 19.6. The van der Waals surface area contributed by atoms with Crippen LogP contribution in [0.15, 0.2) is 79.3 Å². The molecule has 3 aromatic heterocycles. The largest absolute Gasteiger partial charge is 0.340 e. The van der Waals surface area contributed by atoms with Crippen molar-refractivity contribution in [3.05, 3.63) is 84.9 Å². The van der Waals surface area contributed by atoms with Crippen LogP contribution in [0.3, 0.4) is 0 Å². The normalized spacial score (nSPS) is 10.9. The van der Waals surface area contributed by atoms with Crippen molar-refractivity contribution in [3.8, 4) is 22.6 Å². The van der Waals surface area contributed by atoms with E-state index in [4.69, 9.17) is 0 Å². The van der Waals surface area contributed by atoms with Crippen molar-refractivity contribution in [3.63, 3.8) is 0 Å². The summed E-state index contributed by atoms with van der Waals surface area (Å²) in [4.78, 5) is 17.7. The van der Waals surface area contributed by atoms with Gasteiger partial charge in [0.05, 0.1) is 5.69 Å². The average Bonchev–Trinajstić information content (AvgIpc) is 3.24. The Balaban J connectivity index is 1.49. The topological polar surface area (TPSA) is 80.9 Å². The predicted molar refractivity (Wildman–Crippen MR) is 112 cm³/mol. The van der Waals surface area contributed by atoms with Gasteiger partial charge in [-0.05, 0) is 37.3 Å². The maximum atomic E-state index is 4.60. The van der Waals surface area contributed by atoms with Gasteiger partial charge in [0.25, 0.3) is 5.78 Å². The zero-order valence-corrected chi connectivity index (χ0v) is 15.7. The molecular formula is C22H17N7. The summed E-state index contributed by atoms with van der Waals surface area (Å²) >= 11 is 0. The molecule has 3 heterocycles. The van der Waals surface area contributed by atoms with Crippen LogP contribution < -0.4 is 5.32 Å². The molecule has 0 aliphatic heterocycles. The Labute approximate surface area is 167 Å². The SMILES string of the molecule is Cc1ccnc(-c2ccc(Nc3cc(-c4ccccc4)nc4ncnn34)cc2)n1. The van der Waals surface area contributed by atoms with Crippen molar-refractivity contribution in [1.29, 1.82) is 0 Å². The van der Waals surface area contributed by atoms with Gasteiger partial charge in [0.2, 0.25) is 0 Å². The highest BCUT2D eigenvalue weighted by Gasteiger charge is 2.10. The van der Waals surface area contributed by atoms with Crippen LogP contribution in [0.5, 0.6) is 0 Å². The minimum atomic E-state index is 0.540. The number of nitrogens with zero attached hydrogens (tertiary/aromatic N) is 6. The lowest BCUT2D eigenvalue weighted by atomic mass is 10.1. The van der Waals surface area contributed by atoms with Crippen molar-refractivity contribution >= 4 is 17.3 Å². The molecule has 140 valence electrons. The zero-order valence-electron chi connectivity index (χ0n) is 15.7. The number of aromatic nitrogens is 6. The average molecular weight is 379 g/mol. The van der Waals surface area contributed by atoms with E-state index in [0.717, 1.165) is 34.0 Å². The quantitative estimate of drug-likeness (QED) is 0.501. The fraction of sp³-hybridized carbons (Fsp3) is 0.0455. The van der Waals surface area contributed by atoms with Gasteiger partial charge in [0, 0.05) is 34.8 Å². The van der Waals surface area contributed by atoms with Crippen LogP contribution >= 0.6 is 0 Å². The third-order valence-corrected chi connectivity index (χ3v) is 4.53. The Kier molecular flexibility index (Phi) is 4.18. The molecule has 0 saturated carbocycles. The number of fused-ring (bicyclic) bond motifs is 1. The van der Waals surface area contributed by atoms with Crippen LogP contribution in [-0.4, -0.2) is 29.5 Å². The van der Waals surface area contributed by atoms with E-state index in [2.05, 4.69) is 30.4 Å². The van der Waals surface area contributed by atoms with Crippen LogP contribution in [-0.2, 0) is 0 Å². The molecule has 5 rings (SSSR count). The molecule has 0 aliphatic carbocycles. The minimum absolute atomic E-state index is 0.540. The van der Waals surface area contributed by atoms with Crippen molar-refractivity contribution in [1.82, 2.24) is 29.5 Å². The lowest BCUT2D eigenvalue weighted by Gasteiger charge is -2.10. The summed E-state index contributed by atoms with van der Waals surface area (Å²) in [6, 6.07) is 21.8. The molecule has 0 radical (unpaired) electrons. The minimum Gasteiger partial charge on any atom is -0.340 e. The molecule has 0 atom stereocenters. The molecule has 0 spiro atoms.